The molecule has 6 bridgehead atoms. The Hall–Kier alpha value is -3.19. The second-order valence-corrected chi connectivity index (χ2v) is 11.1. The number of methoxy groups -OCH3 is 3. The molecule has 6 aliphatic rings. The third-order valence-electron chi connectivity index (χ3n) is 10.1. The summed E-state index contributed by atoms with van der Waals surface area (Å²) >= 11 is 0. The van der Waals surface area contributed by atoms with Crippen molar-refractivity contribution in [2.45, 2.75) is 49.4 Å². The molecule has 2 aromatic carbocycles. The number of piperidine rings is 4. The van der Waals surface area contributed by atoms with Gasteiger partial charge in [-0.25, -0.2) is 4.79 Å². The maximum Gasteiger partial charge on any atom is 0.338 e. The minimum absolute atomic E-state index is 0.212. The number of para-hydroxylation sites is 1. The number of esters is 1. The van der Waals surface area contributed by atoms with E-state index < -0.39 is 0 Å². The molecule has 37 heavy (non-hydrogen) atoms. The van der Waals surface area contributed by atoms with E-state index in [-0.39, 0.29) is 29.4 Å². The first kappa shape index (κ1) is 23.0. The second-order valence-electron chi connectivity index (χ2n) is 11.1. The lowest BCUT2D eigenvalue weighted by Crippen LogP contribution is -2.68. The summed E-state index contributed by atoms with van der Waals surface area (Å²) in [6, 6.07) is 13.3. The molecule has 8 unspecified atom stereocenters. The summed E-state index contributed by atoms with van der Waals surface area (Å²) in [6.45, 7) is 3.19. The molecule has 5 heterocycles. The molecule has 1 spiro atoms. The molecular formula is C30H34N2O5. The number of ether oxygens (including phenoxy) is 4. The third kappa shape index (κ3) is 2.73. The first-order chi connectivity index (χ1) is 18.0. The molecule has 7 heteroatoms. The van der Waals surface area contributed by atoms with Crippen LogP contribution < -0.4 is 19.1 Å². The van der Waals surface area contributed by atoms with Gasteiger partial charge in [0.2, 0.25) is 5.75 Å². The van der Waals surface area contributed by atoms with Crippen molar-refractivity contribution < 1.29 is 23.7 Å². The Kier molecular flexibility index (Phi) is 4.91. The Labute approximate surface area is 217 Å². The molecule has 0 N–H and O–H groups in total. The molecule has 5 aliphatic heterocycles. The highest BCUT2D eigenvalue weighted by molar-refractivity contribution is 5.91. The third-order valence-corrected chi connectivity index (χ3v) is 10.1. The smallest absolute Gasteiger partial charge is 0.338 e. The van der Waals surface area contributed by atoms with Crippen LogP contribution in [-0.4, -0.2) is 70.0 Å². The van der Waals surface area contributed by atoms with E-state index in [1.807, 2.05) is 0 Å². The molecule has 2 aromatic rings. The lowest BCUT2D eigenvalue weighted by molar-refractivity contribution is -0.0390. The monoisotopic (exact) mass is 502 g/mol. The molecule has 5 fully saturated rings. The van der Waals surface area contributed by atoms with Crippen LogP contribution in [0.2, 0.25) is 0 Å². The maximum absolute atomic E-state index is 13.9. The standard InChI is InChI=1S/C30H34N2O5/c1-6-16-15-32-21-13-18(16)25-22(32)14-30(19-9-7-8-10-20(19)31(2)27(21)30)28(25)37-29(33)17-11-23(34-3)26(36-5)24(12-17)35-4/h6-12,18,21-22,25,27-28H,13-15H2,1-5H3. The van der Waals surface area contributed by atoms with Crippen LogP contribution in [0, 0.1) is 11.8 Å². The van der Waals surface area contributed by atoms with Gasteiger partial charge in [-0.3, -0.25) is 4.90 Å². The SMILES string of the molecule is CC=C1CN2C3CC45c6ccccc6N(C)C4C2CC1C3C5OC(=O)c1cc(OC)c(OC)c(OC)c1. The Morgan fingerprint density at radius 2 is 1.78 bits per heavy atom. The van der Waals surface area contributed by atoms with Crippen LogP contribution in [0.3, 0.4) is 0 Å². The lowest BCUT2D eigenvalue weighted by atomic mass is 9.65. The number of carbonyl (C=O) groups is 1. The summed E-state index contributed by atoms with van der Waals surface area (Å²) in [6.07, 6.45) is 4.24. The number of likely N-dealkylation sites (N-methyl/N-ethyl adjacent to an activating group) is 1. The van der Waals surface area contributed by atoms with E-state index in [0.717, 1.165) is 19.4 Å². The number of anilines is 1. The second kappa shape index (κ2) is 7.90. The molecule has 0 amide bonds. The van der Waals surface area contributed by atoms with Gasteiger partial charge in [-0.05, 0) is 49.4 Å². The van der Waals surface area contributed by atoms with Crippen molar-refractivity contribution in [2.75, 3.05) is 39.8 Å². The molecule has 1 saturated carbocycles. The summed E-state index contributed by atoms with van der Waals surface area (Å²) in [4.78, 5) is 19.1. The predicted octanol–water partition coefficient (Wildman–Crippen LogP) is 4.05. The van der Waals surface area contributed by atoms with Crippen LogP contribution in [0.5, 0.6) is 17.2 Å². The molecule has 8 atom stereocenters. The van der Waals surface area contributed by atoms with E-state index >= 15 is 0 Å². The normalized spacial score (nSPS) is 36.9. The number of rotatable bonds is 5. The van der Waals surface area contributed by atoms with Crippen molar-refractivity contribution in [1.29, 1.82) is 0 Å². The van der Waals surface area contributed by atoms with Crippen molar-refractivity contribution in [2.24, 2.45) is 11.8 Å². The average Bonchev–Trinajstić information content (AvgIpc) is 3.34. The predicted molar refractivity (Wildman–Crippen MR) is 140 cm³/mol. The Balaban J connectivity index is 1.35. The molecule has 0 aromatic heterocycles. The fourth-order valence-electron chi connectivity index (χ4n) is 8.89. The zero-order chi connectivity index (χ0) is 25.6. The summed E-state index contributed by atoms with van der Waals surface area (Å²) in [5, 5.41) is 0. The van der Waals surface area contributed by atoms with Gasteiger partial charge in [0.25, 0.3) is 0 Å². The van der Waals surface area contributed by atoms with E-state index in [1.54, 1.807) is 33.5 Å². The zero-order valence-corrected chi connectivity index (χ0v) is 22.1. The Morgan fingerprint density at radius 3 is 2.46 bits per heavy atom. The quantitative estimate of drug-likeness (QED) is 0.452. The fraction of sp³-hybridized carbons (Fsp3) is 0.500. The molecular weight excluding hydrogens is 468 g/mol. The van der Waals surface area contributed by atoms with Crippen LogP contribution in [0.15, 0.2) is 48.0 Å². The van der Waals surface area contributed by atoms with E-state index in [4.69, 9.17) is 18.9 Å². The molecule has 0 radical (unpaired) electrons. The maximum atomic E-state index is 13.9. The van der Waals surface area contributed by atoms with Crippen LogP contribution in [0.25, 0.3) is 0 Å². The summed E-state index contributed by atoms with van der Waals surface area (Å²) in [7, 11) is 6.91. The van der Waals surface area contributed by atoms with Crippen molar-refractivity contribution >= 4 is 11.7 Å². The summed E-state index contributed by atoms with van der Waals surface area (Å²) < 4.78 is 23.2. The summed E-state index contributed by atoms with van der Waals surface area (Å²) in [5.74, 6) is 1.75. The molecule has 194 valence electrons. The highest BCUT2D eigenvalue weighted by Crippen LogP contribution is 2.68. The van der Waals surface area contributed by atoms with Gasteiger partial charge in [0.05, 0.1) is 38.3 Å². The first-order valence-corrected chi connectivity index (χ1v) is 13.2. The van der Waals surface area contributed by atoms with Crippen molar-refractivity contribution in [3.63, 3.8) is 0 Å². The topological polar surface area (TPSA) is 60.5 Å². The number of hydrogen-bond donors (Lipinski definition) is 0. The highest BCUT2D eigenvalue weighted by atomic mass is 16.5. The Morgan fingerprint density at radius 1 is 1.05 bits per heavy atom. The minimum Gasteiger partial charge on any atom is -0.493 e. The van der Waals surface area contributed by atoms with Crippen LogP contribution in [0.4, 0.5) is 5.69 Å². The lowest BCUT2D eigenvalue weighted by Gasteiger charge is -2.58. The largest absolute Gasteiger partial charge is 0.493 e. The van der Waals surface area contributed by atoms with Gasteiger partial charge in [-0.2, -0.15) is 0 Å². The average molecular weight is 503 g/mol. The van der Waals surface area contributed by atoms with E-state index in [0.29, 0.717) is 40.8 Å². The van der Waals surface area contributed by atoms with Crippen molar-refractivity contribution in [3.05, 3.63) is 59.2 Å². The number of allylic oxidation sites excluding steroid dienone is 1. The number of carbonyl (C=O) groups excluding carboxylic acids is 1. The number of nitrogens with zero attached hydrogens (tertiary/aromatic N) is 2. The van der Waals surface area contributed by atoms with Gasteiger partial charge in [-0.1, -0.05) is 29.8 Å². The van der Waals surface area contributed by atoms with Gasteiger partial charge >= 0.3 is 5.97 Å². The van der Waals surface area contributed by atoms with Gasteiger partial charge in [-0.15, -0.1) is 0 Å². The van der Waals surface area contributed by atoms with Gasteiger partial charge in [0, 0.05) is 37.3 Å². The van der Waals surface area contributed by atoms with Crippen molar-refractivity contribution in [3.8, 4) is 17.2 Å². The minimum atomic E-state index is -0.340. The number of benzene rings is 2. The van der Waals surface area contributed by atoms with Crippen molar-refractivity contribution in [1.82, 2.24) is 4.90 Å². The molecule has 7 nitrogen and oxygen atoms in total. The number of hydrogen-bond acceptors (Lipinski definition) is 7. The van der Waals surface area contributed by atoms with Crippen LogP contribution in [0.1, 0.15) is 35.7 Å². The molecule has 8 rings (SSSR count). The van der Waals surface area contributed by atoms with E-state index in [2.05, 4.69) is 54.1 Å². The molecule has 1 aliphatic carbocycles. The van der Waals surface area contributed by atoms with Gasteiger partial charge in [0.15, 0.2) is 11.5 Å². The highest BCUT2D eigenvalue weighted by Gasteiger charge is 2.75. The number of fused-ring (bicyclic) bond motifs is 2. The van der Waals surface area contributed by atoms with E-state index in [9.17, 15) is 4.79 Å². The molecule has 4 saturated heterocycles. The van der Waals surface area contributed by atoms with Crippen LogP contribution >= 0.6 is 0 Å². The fourth-order valence-corrected chi connectivity index (χ4v) is 8.89. The van der Waals surface area contributed by atoms with Crippen LogP contribution in [-0.2, 0) is 10.2 Å². The van der Waals surface area contributed by atoms with Gasteiger partial charge < -0.3 is 23.8 Å². The Bertz CT molecular complexity index is 1300. The first-order valence-electron chi connectivity index (χ1n) is 13.2. The van der Waals surface area contributed by atoms with E-state index in [1.165, 1.54) is 16.8 Å². The van der Waals surface area contributed by atoms with Gasteiger partial charge in [0.1, 0.15) is 6.10 Å². The zero-order valence-electron chi connectivity index (χ0n) is 22.1. The summed E-state index contributed by atoms with van der Waals surface area (Å²) in [5.41, 5.74) is 4.31.